The molecule has 0 aliphatic heterocycles. The normalized spacial score (nSPS) is 26.4. The van der Waals surface area contributed by atoms with Crippen molar-refractivity contribution in [1.82, 2.24) is 5.32 Å². The second-order valence-corrected chi connectivity index (χ2v) is 5.85. The quantitative estimate of drug-likeness (QED) is 0.676. The van der Waals surface area contributed by atoms with E-state index in [-0.39, 0.29) is 0 Å². The molecule has 3 atom stereocenters. The van der Waals surface area contributed by atoms with Gasteiger partial charge >= 0.3 is 5.69 Å². The van der Waals surface area contributed by atoms with Crippen LogP contribution in [0.5, 0.6) is 0 Å². The highest BCUT2D eigenvalue weighted by molar-refractivity contribution is 5.36. The molecule has 1 fully saturated rings. The van der Waals surface area contributed by atoms with Crippen LogP contribution in [0.15, 0.2) is 18.2 Å². The number of nitrogens with zero attached hydrogens (tertiary/aromatic N) is 1. The molecule has 0 radical (unpaired) electrons. The van der Waals surface area contributed by atoms with E-state index < -0.39 is 16.4 Å². The SMILES string of the molecule is CC1CCC(NCc2cccc([N+](=O)[O-])c2F)CC1C. The summed E-state index contributed by atoms with van der Waals surface area (Å²) in [7, 11) is 0. The van der Waals surface area contributed by atoms with Gasteiger partial charge in [-0.15, -0.1) is 0 Å². The molecule has 0 bridgehead atoms. The zero-order chi connectivity index (χ0) is 14.7. The van der Waals surface area contributed by atoms with E-state index in [9.17, 15) is 14.5 Å². The summed E-state index contributed by atoms with van der Waals surface area (Å²) >= 11 is 0. The van der Waals surface area contributed by atoms with Gasteiger partial charge in [-0.3, -0.25) is 10.1 Å². The Balaban J connectivity index is 1.98. The van der Waals surface area contributed by atoms with Crippen LogP contribution in [0.4, 0.5) is 10.1 Å². The van der Waals surface area contributed by atoms with Crippen molar-refractivity contribution >= 4 is 5.69 Å². The minimum atomic E-state index is -0.720. The van der Waals surface area contributed by atoms with E-state index in [2.05, 4.69) is 19.2 Å². The van der Waals surface area contributed by atoms with Crippen molar-refractivity contribution < 1.29 is 9.31 Å². The monoisotopic (exact) mass is 280 g/mol. The molecule has 2 rings (SSSR count). The summed E-state index contributed by atoms with van der Waals surface area (Å²) in [5.41, 5.74) is -0.0830. The first-order valence-electron chi connectivity index (χ1n) is 7.14. The van der Waals surface area contributed by atoms with Crippen molar-refractivity contribution in [1.29, 1.82) is 0 Å². The van der Waals surface area contributed by atoms with Crippen LogP contribution < -0.4 is 5.32 Å². The Hall–Kier alpha value is -1.49. The van der Waals surface area contributed by atoms with Gasteiger partial charge in [0.1, 0.15) is 0 Å². The Bertz CT molecular complexity index is 493. The summed E-state index contributed by atoms with van der Waals surface area (Å²) in [5.74, 6) is 0.682. The number of benzene rings is 1. The van der Waals surface area contributed by atoms with Crippen molar-refractivity contribution in [2.75, 3.05) is 0 Å². The Morgan fingerprint density at radius 2 is 2.10 bits per heavy atom. The van der Waals surface area contributed by atoms with E-state index in [4.69, 9.17) is 0 Å². The molecule has 1 aromatic carbocycles. The lowest BCUT2D eigenvalue weighted by Crippen LogP contribution is -2.36. The van der Waals surface area contributed by atoms with Crippen molar-refractivity contribution in [3.63, 3.8) is 0 Å². The third kappa shape index (κ3) is 3.33. The Kier molecular flexibility index (Phi) is 4.70. The average Bonchev–Trinajstić information content (AvgIpc) is 2.41. The molecular weight excluding hydrogens is 259 g/mol. The van der Waals surface area contributed by atoms with Gasteiger partial charge in [0.15, 0.2) is 0 Å². The predicted molar refractivity (Wildman–Crippen MR) is 75.9 cm³/mol. The molecule has 0 spiro atoms. The van der Waals surface area contributed by atoms with E-state index in [0.29, 0.717) is 24.1 Å². The number of hydrogen-bond donors (Lipinski definition) is 1. The number of nitro groups is 1. The maximum atomic E-state index is 13.9. The lowest BCUT2D eigenvalue weighted by atomic mass is 9.79. The summed E-state index contributed by atoms with van der Waals surface area (Å²) in [6, 6.07) is 4.71. The minimum Gasteiger partial charge on any atom is -0.310 e. The molecule has 5 heteroatoms. The van der Waals surface area contributed by atoms with Crippen LogP contribution in [0.1, 0.15) is 38.7 Å². The molecule has 0 saturated heterocycles. The second-order valence-electron chi connectivity index (χ2n) is 5.85. The number of nitrogens with one attached hydrogen (secondary N) is 1. The number of rotatable bonds is 4. The molecular formula is C15H21FN2O2. The fraction of sp³-hybridized carbons (Fsp3) is 0.600. The average molecular weight is 280 g/mol. The first-order valence-corrected chi connectivity index (χ1v) is 7.14. The summed E-state index contributed by atoms with van der Waals surface area (Å²) in [5, 5.41) is 14.0. The first kappa shape index (κ1) is 14.9. The lowest BCUT2D eigenvalue weighted by Gasteiger charge is -2.32. The third-order valence-electron chi connectivity index (χ3n) is 4.43. The van der Waals surface area contributed by atoms with Crippen molar-refractivity contribution in [3.05, 3.63) is 39.7 Å². The molecule has 0 heterocycles. The first-order chi connectivity index (χ1) is 9.49. The van der Waals surface area contributed by atoms with Gasteiger partial charge in [-0.05, 0) is 31.1 Å². The molecule has 3 unspecified atom stereocenters. The van der Waals surface area contributed by atoms with Crippen LogP contribution in [0, 0.1) is 27.8 Å². The van der Waals surface area contributed by atoms with Gasteiger partial charge in [0.2, 0.25) is 5.82 Å². The highest BCUT2D eigenvalue weighted by atomic mass is 19.1. The van der Waals surface area contributed by atoms with Gasteiger partial charge in [0.05, 0.1) is 4.92 Å². The zero-order valence-electron chi connectivity index (χ0n) is 11.9. The van der Waals surface area contributed by atoms with Gasteiger partial charge in [0.25, 0.3) is 0 Å². The summed E-state index contributed by atoms with van der Waals surface area (Å²) in [6.07, 6.45) is 3.34. The van der Waals surface area contributed by atoms with Gasteiger partial charge < -0.3 is 5.32 Å². The molecule has 4 nitrogen and oxygen atoms in total. The highest BCUT2D eigenvalue weighted by Crippen LogP contribution is 2.29. The molecule has 20 heavy (non-hydrogen) atoms. The predicted octanol–water partition coefficient (Wildman–Crippen LogP) is 3.65. The molecule has 0 aromatic heterocycles. The van der Waals surface area contributed by atoms with E-state index in [1.54, 1.807) is 6.07 Å². The summed E-state index contributed by atoms with van der Waals surface area (Å²) in [4.78, 5) is 10.0. The maximum absolute atomic E-state index is 13.9. The molecule has 1 N–H and O–H groups in total. The number of halogens is 1. The molecule has 1 aliphatic rings. The third-order valence-corrected chi connectivity index (χ3v) is 4.43. The van der Waals surface area contributed by atoms with Crippen molar-refractivity contribution in [2.24, 2.45) is 11.8 Å². The number of hydrogen-bond acceptors (Lipinski definition) is 3. The topological polar surface area (TPSA) is 55.2 Å². The minimum absolute atomic E-state index is 0.347. The molecule has 1 saturated carbocycles. The van der Waals surface area contributed by atoms with Gasteiger partial charge in [-0.1, -0.05) is 26.0 Å². The van der Waals surface area contributed by atoms with Crippen molar-refractivity contribution in [2.45, 2.75) is 45.7 Å². The summed E-state index contributed by atoms with van der Waals surface area (Å²) in [6.45, 7) is 4.85. The molecule has 110 valence electrons. The highest BCUT2D eigenvalue weighted by Gasteiger charge is 2.24. The molecule has 0 amide bonds. The molecule has 1 aliphatic carbocycles. The van der Waals surface area contributed by atoms with Crippen LogP contribution >= 0.6 is 0 Å². The zero-order valence-corrected chi connectivity index (χ0v) is 11.9. The smallest absolute Gasteiger partial charge is 0.305 e. The fourth-order valence-corrected chi connectivity index (χ4v) is 2.83. The second kappa shape index (κ2) is 6.31. The Morgan fingerprint density at radius 3 is 2.75 bits per heavy atom. The largest absolute Gasteiger partial charge is 0.310 e. The van der Waals surface area contributed by atoms with E-state index in [0.717, 1.165) is 18.8 Å². The van der Waals surface area contributed by atoms with Crippen LogP contribution in [0.3, 0.4) is 0 Å². The summed E-state index contributed by atoms with van der Waals surface area (Å²) < 4.78 is 13.9. The lowest BCUT2D eigenvalue weighted by molar-refractivity contribution is -0.387. The number of nitro benzene ring substituents is 1. The van der Waals surface area contributed by atoms with Gasteiger partial charge in [-0.25, -0.2) is 0 Å². The van der Waals surface area contributed by atoms with Crippen LogP contribution in [0.2, 0.25) is 0 Å². The Morgan fingerprint density at radius 1 is 1.35 bits per heavy atom. The van der Waals surface area contributed by atoms with Crippen LogP contribution in [-0.4, -0.2) is 11.0 Å². The van der Waals surface area contributed by atoms with E-state index in [1.807, 2.05) is 0 Å². The molecule has 1 aromatic rings. The maximum Gasteiger partial charge on any atom is 0.305 e. The van der Waals surface area contributed by atoms with E-state index >= 15 is 0 Å². The van der Waals surface area contributed by atoms with Crippen LogP contribution in [0.25, 0.3) is 0 Å². The Labute approximate surface area is 118 Å². The fourth-order valence-electron chi connectivity index (χ4n) is 2.83. The van der Waals surface area contributed by atoms with Gasteiger partial charge in [-0.2, -0.15) is 4.39 Å². The van der Waals surface area contributed by atoms with Gasteiger partial charge in [0, 0.05) is 24.2 Å². The van der Waals surface area contributed by atoms with Crippen LogP contribution in [-0.2, 0) is 6.54 Å². The standard InChI is InChI=1S/C15H21FN2O2/c1-10-6-7-13(8-11(10)2)17-9-12-4-3-5-14(15(12)16)18(19)20/h3-5,10-11,13,17H,6-9H2,1-2H3. The van der Waals surface area contributed by atoms with Crippen molar-refractivity contribution in [3.8, 4) is 0 Å². The van der Waals surface area contributed by atoms with E-state index in [1.165, 1.54) is 18.6 Å².